The second-order valence-electron chi connectivity index (χ2n) is 7.01. The molecule has 1 fully saturated rings. The molecule has 1 saturated heterocycles. The highest BCUT2D eigenvalue weighted by Gasteiger charge is 2.42. The van der Waals surface area contributed by atoms with Crippen LogP contribution in [-0.2, 0) is 11.0 Å². The zero-order valence-electron chi connectivity index (χ0n) is 15.2. The highest BCUT2D eigenvalue weighted by Crippen LogP contribution is 2.35. The van der Waals surface area contributed by atoms with Crippen molar-refractivity contribution in [3.63, 3.8) is 0 Å². The number of aliphatic carboxylic acids is 1. The number of hydrogen-bond acceptors (Lipinski definition) is 3. The number of benzene rings is 2. The maximum Gasteiger partial charge on any atom is 0.416 e. The third kappa shape index (κ3) is 4.65. The molecule has 0 saturated carbocycles. The van der Waals surface area contributed by atoms with Gasteiger partial charge < -0.3 is 15.2 Å². The molecule has 1 heterocycles. The van der Waals surface area contributed by atoms with Gasteiger partial charge in [-0.05, 0) is 55.6 Å². The van der Waals surface area contributed by atoms with Crippen LogP contribution in [-0.4, -0.2) is 23.2 Å². The molecule has 28 heavy (non-hydrogen) atoms. The number of carbonyl (C=O) groups is 1. The Morgan fingerprint density at radius 1 is 1.11 bits per heavy atom. The minimum absolute atomic E-state index is 0.174. The van der Waals surface area contributed by atoms with Crippen LogP contribution in [0.1, 0.15) is 42.9 Å². The first kappa shape index (κ1) is 20.2. The number of nitrogens with one attached hydrogen (secondary N) is 1. The number of carboxylic acid groups (broad SMARTS) is 1. The lowest BCUT2D eigenvalue weighted by molar-refractivity contribution is -0.147. The number of halogens is 3. The van der Waals surface area contributed by atoms with E-state index in [0.717, 1.165) is 30.5 Å². The lowest BCUT2D eigenvalue weighted by Gasteiger charge is -2.37. The molecule has 2 aromatic rings. The molecule has 1 aliphatic heterocycles. The van der Waals surface area contributed by atoms with E-state index in [1.165, 1.54) is 12.1 Å². The Hall–Kier alpha value is -2.54. The van der Waals surface area contributed by atoms with Gasteiger partial charge in [0.25, 0.3) is 0 Å². The first-order chi connectivity index (χ1) is 13.3. The molecule has 150 valence electrons. The van der Waals surface area contributed by atoms with E-state index in [2.05, 4.69) is 5.32 Å². The van der Waals surface area contributed by atoms with Crippen molar-refractivity contribution in [3.8, 4) is 5.75 Å². The number of carboxylic acids is 1. The van der Waals surface area contributed by atoms with E-state index < -0.39 is 29.4 Å². The van der Waals surface area contributed by atoms with Crippen molar-refractivity contribution < 1.29 is 27.8 Å². The molecular formula is C21H22F3NO3. The van der Waals surface area contributed by atoms with Crippen molar-refractivity contribution in [2.75, 3.05) is 6.54 Å². The lowest BCUT2D eigenvalue weighted by Crippen LogP contribution is -2.55. The van der Waals surface area contributed by atoms with Gasteiger partial charge in [-0.15, -0.1) is 0 Å². The molecule has 0 bridgehead atoms. The van der Waals surface area contributed by atoms with Gasteiger partial charge in [0.05, 0.1) is 5.56 Å². The Balaban J connectivity index is 1.86. The van der Waals surface area contributed by atoms with Crippen LogP contribution < -0.4 is 10.1 Å². The second-order valence-corrected chi connectivity index (χ2v) is 7.01. The molecule has 0 amide bonds. The van der Waals surface area contributed by atoms with Crippen LogP contribution in [0.15, 0.2) is 54.6 Å². The first-order valence-corrected chi connectivity index (χ1v) is 9.17. The van der Waals surface area contributed by atoms with E-state index in [0.29, 0.717) is 13.0 Å². The second kappa shape index (κ2) is 8.22. The minimum atomic E-state index is -4.42. The summed E-state index contributed by atoms with van der Waals surface area (Å²) >= 11 is 0. The molecule has 2 aromatic carbocycles. The van der Waals surface area contributed by atoms with Gasteiger partial charge in [-0.1, -0.05) is 30.3 Å². The summed E-state index contributed by atoms with van der Waals surface area (Å²) in [4.78, 5) is 12.0. The van der Waals surface area contributed by atoms with E-state index in [4.69, 9.17) is 4.74 Å². The van der Waals surface area contributed by atoms with Crippen LogP contribution in [0.2, 0.25) is 0 Å². The Morgan fingerprint density at radius 2 is 1.79 bits per heavy atom. The molecule has 0 aromatic heterocycles. The molecule has 0 aliphatic carbocycles. The van der Waals surface area contributed by atoms with Gasteiger partial charge in [-0.25, -0.2) is 0 Å². The van der Waals surface area contributed by atoms with Crippen molar-refractivity contribution in [1.29, 1.82) is 0 Å². The monoisotopic (exact) mass is 393 g/mol. The fourth-order valence-electron chi connectivity index (χ4n) is 3.51. The third-order valence-corrected chi connectivity index (χ3v) is 5.07. The fraction of sp³-hybridized carbons (Fsp3) is 0.381. The van der Waals surface area contributed by atoms with Gasteiger partial charge >= 0.3 is 12.1 Å². The van der Waals surface area contributed by atoms with Gasteiger partial charge in [0.1, 0.15) is 17.4 Å². The summed E-state index contributed by atoms with van der Waals surface area (Å²) in [5.41, 5.74) is -1.10. The van der Waals surface area contributed by atoms with Crippen molar-refractivity contribution in [2.45, 2.75) is 43.5 Å². The summed E-state index contributed by atoms with van der Waals surface area (Å²) in [6.45, 7) is 0.605. The summed E-state index contributed by atoms with van der Waals surface area (Å²) in [5, 5.41) is 13.0. The average Bonchev–Trinajstić information content (AvgIpc) is 2.68. The quantitative estimate of drug-likeness (QED) is 0.739. The molecule has 0 radical (unpaired) electrons. The predicted molar refractivity (Wildman–Crippen MR) is 98.1 cm³/mol. The van der Waals surface area contributed by atoms with Gasteiger partial charge in [0.15, 0.2) is 0 Å². The predicted octanol–water partition coefficient (Wildman–Crippen LogP) is 4.81. The number of hydrogen-bond donors (Lipinski definition) is 2. The molecular weight excluding hydrogens is 371 g/mol. The molecule has 2 unspecified atom stereocenters. The number of rotatable bonds is 6. The van der Waals surface area contributed by atoms with Crippen LogP contribution in [0.5, 0.6) is 5.75 Å². The third-order valence-electron chi connectivity index (χ3n) is 5.07. The Bertz CT molecular complexity index is 785. The Morgan fingerprint density at radius 3 is 2.32 bits per heavy atom. The van der Waals surface area contributed by atoms with Crippen molar-refractivity contribution >= 4 is 5.97 Å². The van der Waals surface area contributed by atoms with Crippen molar-refractivity contribution in [2.24, 2.45) is 0 Å². The summed E-state index contributed by atoms with van der Waals surface area (Å²) in [6, 6.07) is 13.6. The summed E-state index contributed by atoms with van der Waals surface area (Å²) < 4.78 is 44.3. The van der Waals surface area contributed by atoms with Crippen LogP contribution in [0.25, 0.3) is 0 Å². The van der Waals surface area contributed by atoms with E-state index in [9.17, 15) is 23.1 Å². The SMILES string of the molecule is O=C(O)C1(CC(Oc2ccc(C(F)(F)F)cc2)c2ccccc2)CCCCN1. The lowest BCUT2D eigenvalue weighted by atomic mass is 9.82. The number of ether oxygens (including phenoxy) is 1. The van der Waals surface area contributed by atoms with E-state index in [1.807, 2.05) is 30.3 Å². The summed E-state index contributed by atoms with van der Waals surface area (Å²) in [5.74, 6) is -0.678. The number of piperidine rings is 1. The summed E-state index contributed by atoms with van der Waals surface area (Å²) in [6.07, 6.45) is -2.68. The van der Waals surface area contributed by atoms with E-state index in [-0.39, 0.29) is 12.2 Å². The van der Waals surface area contributed by atoms with E-state index in [1.54, 1.807) is 0 Å². The fourth-order valence-corrected chi connectivity index (χ4v) is 3.51. The van der Waals surface area contributed by atoms with Gasteiger partial charge in [-0.3, -0.25) is 4.79 Å². The maximum absolute atomic E-state index is 12.8. The Labute approximate surface area is 161 Å². The molecule has 3 rings (SSSR count). The van der Waals surface area contributed by atoms with Crippen LogP contribution in [0.3, 0.4) is 0 Å². The zero-order valence-corrected chi connectivity index (χ0v) is 15.2. The topological polar surface area (TPSA) is 58.6 Å². The van der Waals surface area contributed by atoms with Crippen molar-refractivity contribution in [3.05, 3.63) is 65.7 Å². The van der Waals surface area contributed by atoms with Crippen LogP contribution in [0, 0.1) is 0 Å². The van der Waals surface area contributed by atoms with Gasteiger partial charge in [-0.2, -0.15) is 13.2 Å². The molecule has 2 N–H and O–H groups in total. The normalized spacial score (nSPS) is 21.1. The van der Waals surface area contributed by atoms with Crippen LogP contribution in [0.4, 0.5) is 13.2 Å². The van der Waals surface area contributed by atoms with Crippen LogP contribution >= 0.6 is 0 Å². The zero-order chi connectivity index (χ0) is 20.2. The minimum Gasteiger partial charge on any atom is -0.486 e. The number of alkyl halides is 3. The molecule has 1 aliphatic rings. The molecule has 7 heteroatoms. The van der Waals surface area contributed by atoms with Gasteiger partial charge in [0.2, 0.25) is 0 Å². The molecule has 0 spiro atoms. The highest BCUT2D eigenvalue weighted by atomic mass is 19.4. The molecule has 2 atom stereocenters. The smallest absolute Gasteiger partial charge is 0.416 e. The standard InChI is InChI=1S/C21H22F3NO3/c22-21(23,24)16-8-10-17(11-9-16)28-18(15-6-2-1-3-7-15)14-20(19(26)27)12-4-5-13-25-20/h1-3,6-11,18,25H,4-5,12-14H2,(H,26,27). The maximum atomic E-state index is 12.8. The Kier molecular flexibility index (Phi) is 5.93. The first-order valence-electron chi connectivity index (χ1n) is 9.17. The average molecular weight is 393 g/mol. The largest absolute Gasteiger partial charge is 0.486 e. The molecule has 4 nitrogen and oxygen atoms in total. The van der Waals surface area contributed by atoms with Gasteiger partial charge in [0, 0.05) is 6.42 Å². The summed E-state index contributed by atoms with van der Waals surface area (Å²) in [7, 11) is 0. The van der Waals surface area contributed by atoms with E-state index >= 15 is 0 Å². The van der Waals surface area contributed by atoms with Crippen molar-refractivity contribution in [1.82, 2.24) is 5.32 Å². The highest BCUT2D eigenvalue weighted by molar-refractivity contribution is 5.79.